The van der Waals surface area contributed by atoms with Crippen molar-refractivity contribution in [2.24, 2.45) is 0 Å². The van der Waals surface area contributed by atoms with Gasteiger partial charge in [-0.2, -0.15) is 0 Å². The smallest absolute Gasteiger partial charge is 0.748 e. The van der Waals surface area contributed by atoms with Crippen molar-refractivity contribution >= 4 is 18.9 Å². The molecule has 3 nitrogen and oxygen atoms in total. The molecule has 0 aliphatic heterocycles. The largest absolute Gasteiger partial charge is 1.00 e. The van der Waals surface area contributed by atoms with Crippen molar-refractivity contribution in [3.8, 4) is 0 Å². The standard InChI is InChI=1S/C5H14O3SSi.Na/c1-4-5(10(2)3)9(6,7)8;/h5,10H,4H2,1-3H3,(H,6,7,8);/q;+1/p-1. The topological polar surface area (TPSA) is 57.2 Å². The van der Waals surface area contributed by atoms with Gasteiger partial charge in [-0.15, -0.1) is 0 Å². The van der Waals surface area contributed by atoms with Gasteiger partial charge in [-0.25, -0.2) is 8.42 Å². The van der Waals surface area contributed by atoms with Crippen LogP contribution in [-0.2, 0) is 10.1 Å². The van der Waals surface area contributed by atoms with Crippen LogP contribution in [0, 0.1) is 0 Å². The normalized spacial score (nSPS) is 14.3. The Bertz CT molecular complexity index is 190. The Balaban J connectivity index is 0. The fraction of sp³-hybridized carbons (Fsp3) is 1.00. The van der Waals surface area contributed by atoms with Gasteiger partial charge in [0.1, 0.15) is 0 Å². The maximum atomic E-state index is 10.5. The molecule has 0 saturated carbocycles. The summed E-state index contributed by atoms with van der Waals surface area (Å²) in [4.78, 5) is -0.576. The van der Waals surface area contributed by atoms with Gasteiger partial charge in [-0.3, -0.25) is 0 Å². The summed E-state index contributed by atoms with van der Waals surface area (Å²) in [6.45, 7) is 5.50. The van der Waals surface area contributed by atoms with Gasteiger partial charge in [-0.1, -0.05) is 20.0 Å². The van der Waals surface area contributed by atoms with Gasteiger partial charge in [0.05, 0.1) is 18.9 Å². The van der Waals surface area contributed by atoms with Crippen LogP contribution in [0.2, 0.25) is 13.1 Å². The van der Waals surface area contributed by atoms with Crippen LogP contribution in [0.1, 0.15) is 13.3 Å². The molecular formula is C5H13NaO3SSi. The first-order valence-corrected chi connectivity index (χ1v) is 7.79. The zero-order chi connectivity index (χ0) is 8.36. The molecule has 1 unspecified atom stereocenters. The predicted octanol–water partition coefficient (Wildman–Crippen LogP) is -2.66. The molecule has 0 aromatic heterocycles. The average molecular weight is 204 g/mol. The molecule has 0 fully saturated rings. The van der Waals surface area contributed by atoms with E-state index in [1.807, 2.05) is 13.1 Å². The quantitative estimate of drug-likeness (QED) is 0.372. The zero-order valence-corrected chi connectivity index (χ0v) is 11.5. The van der Waals surface area contributed by atoms with Crippen LogP contribution in [0.5, 0.6) is 0 Å². The first-order chi connectivity index (χ1) is 4.39. The fourth-order valence-corrected chi connectivity index (χ4v) is 5.03. The van der Waals surface area contributed by atoms with Gasteiger partial charge in [0.2, 0.25) is 0 Å². The van der Waals surface area contributed by atoms with E-state index in [9.17, 15) is 13.0 Å². The maximum absolute atomic E-state index is 10.5. The second-order valence-corrected chi connectivity index (χ2v) is 8.05. The van der Waals surface area contributed by atoms with Gasteiger partial charge >= 0.3 is 29.6 Å². The van der Waals surface area contributed by atoms with Crippen molar-refractivity contribution in [3.63, 3.8) is 0 Å². The third-order valence-corrected chi connectivity index (χ3v) is 7.18. The predicted molar refractivity (Wildman–Crippen MR) is 42.7 cm³/mol. The van der Waals surface area contributed by atoms with Gasteiger partial charge < -0.3 is 4.55 Å². The molecule has 0 rings (SSSR count). The maximum Gasteiger partial charge on any atom is 1.00 e. The summed E-state index contributed by atoms with van der Waals surface area (Å²) < 4.78 is 31.4. The summed E-state index contributed by atoms with van der Waals surface area (Å²) in [7, 11) is -5.31. The molecule has 0 aromatic carbocycles. The van der Waals surface area contributed by atoms with Crippen molar-refractivity contribution < 1.29 is 42.5 Å². The molecule has 0 aliphatic rings. The molecule has 62 valence electrons. The van der Waals surface area contributed by atoms with E-state index >= 15 is 0 Å². The van der Waals surface area contributed by atoms with Crippen LogP contribution in [-0.4, -0.2) is 26.6 Å². The van der Waals surface area contributed by atoms with Crippen molar-refractivity contribution in [2.45, 2.75) is 31.3 Å². The van der Waals surface area contributed by atoms with Crippen LogP contribution >= 0.6 is 0 Å². The van der Waals surface area contributed by atoms with Crippen LogP contribution in [0.3, 0.4) is 0 Å². The third-order valence-electron chi connectivity index (χ3n) is 1.52. The number of hydrogen-bond donors (Lipinski definition) is 0. The van der Waals surface area contributed by atoms with E-state index in [0.29, 0.717) is 6.42 Å². The van der Waals surface area contributed by atoms with E-state index in [2.05, 4.69) is 0 Å². The van der Waals surface area contributed by atoms with E-state index in [1.165, 1.54) is 0 Å². The Hall–Kier alpha value is 1.13. The van der Waals surface area contributed by atoms with Crippen molar-refractivity contribution in [1.82, 2.24) is 0 Å². The Morgan fingerprint density at radius 2 is 1.82 bits per heavy atom. The first-order valence-electron chi connectivity index (χ1n) is 3.34. The number of hydrogen-bond acceptors (Lipinski definition) is 3. The van der Waals surface area contributed by atoms with E-state index in [1.54, 1.807) is 6.92 Å². The SMILES string of the molecule is CCC([SiH](C)C)S(=O)(=O)[O-].[Na+]. The minimum Gasteiger partial charge on any atom is -0.748 e. The molecule has 0 amide bonds. The van der Waals surface area contributed by atoms with Gasteiger partial charge in [0.15, 0.2) is 0 Å². The number of rotatable bonds is 3. The van der Waals surface area contributed by atoms with Crippen molar-refractivity contribution in [3.05, 3.63) is 0 Å². The molecule has 1 atom stereocenters. The molecule has 0 bridgehead atoms. The van der Waals surface area contributed by atoms with Crippen LogP contribution in [0.4, 0.5) is 0 Å². The minimum atomic E-state index is -4.00. The molecular weight excluding hydrogens is 191 g/mol. The Labute approximate surface area is 92.2 Å². The van der Waals surface area contributed by atoms with E-state index in [0.717, 1.165) is 0 Å². The second-order valence-electron chi connectivity index (χ2n) is 2.68. The van der Waals surface area contributed by atoms with Crippen LogP contribution in [0.15, 0.2) is 0 Å². The van der Waals surface area contributed by atoms with E-state index in [-0.39, 0.29) is 29.6 Å². The fourth-order valence-electron chi connectivity index (χ4n) is 1.01. The Morgan fingerprint density at radius 3 is 1.82 bits per heavy atom. The summed E-state index contributed by atoms with van der Waals surface area (Å²) in [6.07, 6.45) is 0.468. The Morgan fingerprint density at radius 1 is 1.45 bits per heavy atom. The molecule has 0 spiro atoms. The van der Waals surface area contributed by atoms with Crippen LogP contribution < -0.4 is 29.6 Å². The second kappa shape index (κ2) is 5.72. The molecule has 0 saturated heterocycles. The monoisotopic (exact) mass is 204 g/mol. The molecule has 11 heavy (non-hydrogen) atoms. The summed E-state index contributed by atoms with van der Waals surface area (Å²) >= 11 is 0. The van der Waals surface area contributed by atoms with E-state index in [4.69, 9.17) is 0 Å². The zero-order valence-electron chi connectivity index (χ0n) is 7.49. The summed E-state index contributed by atoms with van der Waals surface area (Å²) in [5.74, 6) is 0. The average Bonchev–Trinajstić information content (AvgIpc) is 1.60. The van der Waals surface area contributed by atoms with Crippen LogP contribution in [0.25, 0.3) is 0 Å². The molecule has 0 heterocycles. The molecule has 6 heteroatoms. The molecule has 0 N–H and O–H groups in total. The van der Waals surface area contributed by atoms with Gasteiger partial charge in [0.25, 0.3) is 0 Å². The van der Waals surface area contributed by atoms with Crippen molar-refractivity contribution in [1.29, 1.82) is 0 Å². The van der Waals surface area contributed by atoms with E-state index < -0.39 is 23.8 Å². The van der Waals surface area contributed by atoms with Gasteiger partial charge in [0, 0.05) is 4.87 Å². The molecule has 0 aromatic rings. The summed E-state index contributed by atoms with van der Waals surface area (Å²) in [6, 6.07) is 0. The summed E-state index contributed by atoms with van der Waals surface area (Å²) in [5.41, 5.74) is 0. The first kappa shape index (κ1) is 14.6. The minimum absolute atomic E-state index is 0. The third kappa shape index (κ3) is 5.38. The Kier molecular flexibility index (Phi) is 7.61. The molecule has 0 radical (unpaired) electrons. The molecule has 0 aliphatic carbocycles. The van der Waals surface area contributed by atoms with Crippen molar-refractivity contribution in [2.75, 3.05) is 0 Å². The summed E-state index contributed by atoms with van der Waals surface area (Å²) in [5, 5.41) is 0. The van der Waals surface area contributed by atoms with Gasteiger partial charge in [-0.05, 0) is 6.42 Å².